The minimum absolute atomic E-state index is 0.0763. The van der Waals surface area contributed by atoms with Gasteiger partial charge in [-0.1, -0.05) is 0 Å². The highest BCUT2D eigenvalue weighted by atomic mass is 79.9. The van der Waals surface area contributed by atoms with Crippen LogP contribution in [-0.4, -0.2) is 43.0 Å². The summed E-state index contributed by atoms with van der Waals surface area (Å²) in [6.07, 6.45) is 4.16. The summed E-state index contributed by atoms with van der Waals surface area (Å²) in [7, 11) is 4.03. The quantitative estimate of drug-likeness (QED) is 0.835. The molecule has 0 atom stereocenters. The molecule has 1 aromatic rings. The summed E-state index contributed by atoms with van der Waals surface area (Å²) in [6, 6.07) is 1.76. The number of nitrogens with zero attached hydrogens (tertiary/aromatic N) is 2. The molecule has 5 heteroatoms. The van der Waals surface area contributed by atoms with Gasteiger partial charge in [0.25, 0.3) is 5.91 Å². The van der Waals surface area contributed by atoms with Crippen molar-refractivity contribution in [1.29, 1.82) is 0 Å². The first-order valence-electron chi connectivity index (χ1n) is 5.13. The first-order chi connectivity index (χ1) is 7.59. The van der Waals surface area contributed by atoms with Crippen LogP contribution in [0.5, 0.6) is 0 Å². The molecule has 0 unspecified atom stereocenters. The van der Waals surface area contributed by atoms with Crippen LogP contribution in [0.25, 0.3) is 0 Å². The van der Waals surface area contributed by atoms with Gasteiger partial charge in [-0.3, -0.25) is 9.78 Å². The fourth-order valence-electron chi connectivity index (χ4n) is 1.24. The molecule has 1 amide bonds. The Bertz CT molecular complexity index is 355. The first-order valence-corrected chi connectivity index (χ1v) is 5.92. The number of aromatic nitrogens is 1. The molecule has 1 heterocycles. The molecule has 0 radical (unpaired) electrons. The Balaban J connectivity index is 2.35. The Labute approximate surface area is 104 Å². The summed E-state index contributed by atoms with van der Waals surface area (Å²) in [5.74, 6) is -0.0763. The lowest BCUT2D eigenvalue weighted by atomic mass is 10.2. The number of amides is 1. The molecule has 16 heavy (non-hydrogen) atoms. The van der Waals surface area contributed by atoms with Gasteiger partial charge in [0, 0.05) is 23.4 Å². The molecule has 0 bridgehead atoms. The summed E-state index contributed by atoms with van der Waals surface area (Å²) in [4.78, 5) is 17.7. The zero-order chi connectivity index (χ0) is 12.0. The van der Waals surface area contributed by atoms with E-state index in [0.717, 1.165) is 17.4 Å². The van der Waals surface area contributed by atoms with Gasteiger partial charge < -0.3 is 10.2 Å². The van der Waals surface area contributed by atoms with Crippen LogP contribution in [0.2, 0.25) is 0 Å². The normalized spacial score (nSPS) is 10.5. The second-order valence-corrected chi connectivity index (χ2v) is 4.72. The minimum Gasteiger partial charge on any atom is -0.352 e. The van der Waals surface area contributed by atoms with Crippen molar-refractivity contribution in [2.24, 2.45) is 0 Å². The Kier molecular flexibility index (Phi) is 5.42. The third-order valence-electron chi connectivity index (χ3n) is 2.03. The van der Waals surface area contributed by atoms with Crippen molar-refractivity contribution in [2.75, 3.05) is 27.2 Å². The third kappa shape index (κ3) is 4.72. The number of rotatable bonds is 5. The molecule has 0 aliphatic rings. The van der Waals surface area contributed by atoms with E-state index in [1.54, 1.807) is 18.5 Å². The molecule has 4 nitrogen and oxygen atoms in total. The maximum absolute atomic E-state index is 11.7. The highest BCUT2D eigenvalue weighted by Crippen LogP contribution is 2.09. The largest absolute Gasteiger partial charge is 0.352 e. The summed E-state index contributed by atoms with van der Waals surface area (Å²) >= 11 is 3.28. The zero-order valence-corrected chi connectivity index (χ0v) is 11.1. The van der Waals surface area contributed by atoms with E-state index in [2.05, 4.69) is 31.1 Å². The van der Waals surface area contributed by atoms with Crippen LogP contribution < -0.4 is 5.32 Å². The van der Waals surface area contributed by atoms with Crippen molar-refractivity contribution in [2.45, 2.75) is 6.42 Å². The number of carbonyl (C=O) groups is 1. The summed E-state index contributed by atoms with van der Waals surface area (Å²) in [6.45, 7) is 1.65. The molecule has 0 aliphatic heterocycles. The second-order valence-electron chi connectivity index (χ2n) is 3.80. The lowest BCUT2D eigenvalue weighted by molar-refractivity contribution is 0.0952. The Morgan fingerprint density at radius 1 is 1.50 bits per heavy atom. The van der Waals surface area contributed by atoms with Gasteiger partial charge >= 0.3 is 0 Å². The fourth-order valence-corrected chi connectivity index (χ4v) is 1.60. The molecule has 1 aromatic heterocycles. The zero-order valence-electron chi connectivity index (χ0n) is 9.53. The molecule has 0 aliphatic carbocycles. The standard InChI is InChI=1S/C11H16BrN3O/c1-15(2)5-3-4-14-11(16)9-6-10(12)8-13-7-9/h6-8H,3-5H2,1-2H3,(H,14,16). The van der Waals surface area contributed by atoms with Gasteiger partial charge in [0.15, 0.2) is 0 Å². The van der Waals surface area contributed by atoms with E-state index >= 15 is 0 Å². The molecular weight excluding hydrogens is 270 g/mol. The van der Waals surface area contributed by atoms with Crippen LogP contribution in [0.3, 0.4) is 0 Å². The van der Waals surface area contributed by atoms with Gasteiger partial charge in [0.2, 0.25) is 0 Å². The van der Waals surface area contributed by atoms with Crippen molar-refractivity contribution in [3.63, 3.8) is 0 Å². The lowest BCUT2D eigenvalue weighted by Crippen LogP contribution is -2.27. The van der Waals surface area contributed by atoms with Crippen molar-refractivity contribution in [1.82, 2.24) is 15.2 Å². The van der Waals surface area contributed by atoms with Gasteiger partial charge in [-0.25, -0.2) is 0 Å². The SMILES string of the molecule is CN(C)CCCNC(=O)c1cncc(Br)c1. The Hall–Kier alpha value is -0.940. The Morgan fingerprint density at radius 2 is 2.25 bits per heavy atom. The molecule has 0 saturated carbocycles. The molecular formula is C11H16BrN3O. The van der Waals surface area contributed by atoms with E-state index in [4.69, 9.17) is 0 Å². The van der Waals surface area contributed by atoms with E-state index < -0.39 is 0 Å². The van der Waals surface area contributed by atoms with Crippen LogP contribution in [0.4, 0.5) is 0 Å². The van der Waals surface area contributed by atoms with Crippen LogP contribution in [0.15, 0.2) is 22.9 Å². The second kappa shape index (κ2) is 6.60. The molecule has 0 aromatic carbocycles. The molecule has 0 fully saturated rings. The van der Waals surface area contributed by atoms with E-state index in [0.29, 0.717) is 12.1 Å². The van der Waals surface area contributed by atoms with Gasteiger partial charge in [0.1, 0.15) is 0 Å². The predicted octanol–water partition coefficient (Wildman–Crippen LogP) is 1.53. The molecule has 1 N–H and O–H groups in total. The van der Waals surface area contributed by atoms with Gasteiger partial charge in [0.05, 0.1) is 5.56 Å². The predicted molar refractivity (Wildman–Crippen MR) is 67.4 cm³/mol. The van der Waals surface area contributed by atoms with Gasteiger partial charge in [-0.05, 0) is 49.1 Å². The van der Waals surface area contributed by atoms with Crippen molar-refractivity contribution in [3.8, 4) is 0 Å². The number of pyridine rings is 1. The maximum Gasteiger partial charge on any atom is 0.252 e. The van der Waals surface area contributed by atoms with Crippen LogP contribution in [-0.2, 0) is 0 Å². The summed E-state index contributed by atoms with van der Waals surface area (Å²) < 4.78 is 0.813. The van der Waals surface area contributed by atoms with Crippen molar-refractivity contribution >= 4 is 21.8 Å². The first kappa shape index (κ1) is 13.1. The van der Waals surface area contributed by atoms with Crippen LogP contribution in [0.1, 0.15) is 16.8 Å². The average molecular weight is 286 g/mol. The summed E-state index contributed by atoms with van der Waals surface area (Å²) in [5, 5.41) is 2.86. The number of nitrogens with one attached hydrogen (secondary N) is 1. The van der Waals surface area contributed by atoms with Crippen LogP contribution in [0, 0.1) is 0 Å². The molecule has 0 saturated heterocycles. The molecule has 1 rings (SSSR count). The number of hydrogen-bond donors (Lipinski definition) is 1. The molecule has 0 spiro atoms. The monoisotopic (exact) mass is 285 g/mol. The number of halogens is 1. The topological polar surface area (TPSA) is 45.2 Å². The maximum atomic E-state index is 11.7. The van der Waals surface area contributed by atoms with E-state index in [1.807, 2.05) is 14.1 Å². The third-order valence-corrected chi connectivity index (χ3v) is 2.47. The average Bonchev–Trinajstić information content (AvgIpc) is 2.24. The fraction of sp³-hybridized carbons (Fsp3) is 0.455. The number of carbonyl (C=O) groups excluding carboxylic acids is 1. The van der Waals surface area contributed by atoms with E-state index in [1.165, 1.54) is 0 Å². The van der Waals surface area contributed by atoms with Crippen LogP contribution >= 0.6 is 15.9 Å². The highest BCUT2D eigenvalue weighted by Gasteiger charge is 2.05. The van der Waals surface area contributed by atoms with E-state index in [-0.39, 0.29) is 5.91 Å². The smallest absolute Gasteiger partial charge is 0.252 e. The highest BCUT2D eigenvalue weighted by molar-refractivity contribution is 9.10. The summed E-state index contributed by atoms with van der Waals surface area (Å²) in [5.41, 5.74) is 0.583. The molecule has 88 valence electrons. The van der Waals surface area contributed by atoms with E-state index in [9.17, 15) is 4.79 Å². The minimum atomic E-state index is -0.0763. The van der Waals surface area contributed by atoms with Crippen molar-refractivity contribution < 1.29 is 4.79 Å². The van der Waals surface area contributed by atoms with Gasteiger partial charge in [-0.15, -0.1) is 0 Å². The number of hydrogen-bond acceptors (Lipinski definition) is 3. The van der Waals surface area contributed by atoms with Crippen molar-refractivity contribution in [3.05, 3.63) is 28.5 Å². The lowest BCUT2D eigenvalue weighted by Gasteiger charge is -2.09. The van der Waals surface area contributed by atoms with Gasteiger partial charge in [-0.2, -0.15) is 0 Å². The Morgan fingerprint density at radius 3 is 2.88 bits per heavy atom.